The smallest absolute Gasteiger partial charge is 0.159 e. The molecule has 0 amide bonds. The van der Waals surface area contributed by atoms with Gasteiger partial charge >= 0.3 is 0 Å². The fourth-order valence-corrected chi connectivity index (χ4v) is 3.76. The van der Waals surface area contributed by atoms with Gasteiger partial charge < -0.3 is 4.74 Å². The second-order valence-electron chi connectivity index (χ2n) is 7.98. The molecule has 178 valence electrons. The van der Waals surface area contributed by atoms with Crippen molar-refractivity contribution in [2.75, 3.05) is 7.11 Å². The van der Waals surface area contributed by atoms with Gasteiger partial charge in [-0.15, -0.1) is 0 Å². The van der Waals surface area contributed by atoms with Gasteiger partial charge in [-0.2, -0.15) is 0 Å². The van der Waals surface area contributed by atoms with E-state index in [1.165, 1.54) is 37.4 Å². The normalized spacial score (nSPS) is 10.9. The molecule has 4 aromatic rings. The van der Waals surface area contributed by atoms with E-state index in [1.54, 1.807) is 0 Å². The summed E-state index contributed by atoms with van der Waals surface area (Å²) in [6.45, 7) is 0.0572. The molecule has 0 fully saturated rings. The van der Waals surface area contributed by atoms with E-state index < -0.39 is 40.5 Å². The summed E-state index contributed by atoms with van der Waals surface area (Å²) in [5, 5.41) is 0.846. The Morgan fingerprint density at radius 2 is 1.20 bits per heavy atom. The SMILES string of the molecule is COCc1cc(F)c(CCc2cc(F)c(C#Cc3ccc4cc(F)c(F)cc4c3)c(F)c2)c(F)c1. The highest BCUT2D eigenvalue weighted by Gasteiger charge is 2.14. The summed E-state index contributed by atoms with van der Waals surface area (Å²) < 4.78 is 89.4. The lowest BCUT2D eigenvalue weighted by atomic mass is 10.0. The number of hydrogen-bond acceptors (Lipinski definition) is 1. The van der Waals surface area contributed by atoms with E-state index in [9.17, 15) is 26.3 Å². The van der Waals surface area contributed by atoms with Crippen LogP contribution in [0.15, 0.2) is 54.6 Å². The van der Waals surface area contributed by atoms with E-state index in [1.807, 2.05) is 0 Å². The number of methoxy groups -OCH3 is 1. The van der Waals surface area contributed by atoms with E-state index in [0.29, 0.717) is 21.9 Å². The summed E-state index contributed by atoms with van der Waals surface area (Å²) in [4.78, 5) is 0. The number of fused-ring (bicyclic) bond motifs is 1. The molecule has 0 heterocycles. The van der Waals surface area contributed by atoms with Crippen LogP contribution in [-0.2, 0) is 24.2 Å². The first-order valence-electron chi connectivity index (χ1n) is 10.6. The Bertz CT molecular complexity index is 1440. The van der Waals surface area contributed by atoms with Gasteiger partial charge in [0, 0.05) is 18.2 Å². The van der Waals surface area contributed by atoms with Crippen molar-refractivity contribution in [3.05, 3.63) is 117 Å². The molecule has 4 rings (SSSR count). The highest BCUT2D eigenvalue weighted by Crippen LogP contribution is 2.22. The number of ether oxygens (including phenoxy) is 1. The fourth-order valence-electron chi connectivity index (χ4n) is 3.76. The minimum Gasteiger partial charge on any atom is -0.380 e. The van der Waals surface area contributed by atoms with Crippen LogP contribution >= 0.6 is 0 Å². The van der Waals surface area contributed by atoms with Crippen LogP contribution in [0.1, 0.15) is 27.8 Å². The minimum absolute atomic E-state index is 0.00577. The molecular formula is C28H18F6O. The van der Waals surface area contributed by atoms with Crippen LogP contribution in [0.25, 0.3) is 10.8 Å². The largest absolute Gasteiger partial charge is 0.380 e. The summed E-state index contributed by atoms with van der Waals surface area (Å²) in [5.74, 6) is -0.284. The van der Waals surface area contributed by atoms with Gasteiger partial charge in [0.25, 0.3) is 0 Å². The van der Waals surface area contributed by atoms with Crippen LogP contribution in [0.2, 0.25) is 0 Å². The van der Waals surface area contributed by atoms with Gasteiger partial charge in [-0.25, -0.2) is 26.3 Å². The maximum atomic E-state index is 14.6. The fraction of sp³-hybridized carbons (Fsp3) is 0.143. The molecule has 4 aromatic carbocycles. The third-order valence-electron chi connectivity index (χ3n) is 5.49. The molecule has 0 radical (unpaired) electrons. The maximum Gasteiger partial charge on any atom is 0.159 e. The molecule has 0 atom stereocenters. The Labute approximate surface area is 198 Å². The van der Waals surface area contributed by atoms with Gasteiger partial charge in [0.15, 0.2) is 11.6 Å². The lowest BCUT2D eigenvalue weighted by Crippen LogP contribution is -2.03. The van der Waals surface area contributed by atoms with Gasteiger partial charge in [0.1, 0.15) is 23.3 Å². The molecule has 0 aliphatic rings. The number of halogens is 6. The summed E-state index contributed by atoms with van der Waals surface area (Å²) >= 11 is 0. The standard InChI is InChI=1S/C28H18F6O/c1-35-15-18-11-25(31)22(26(32)12-18)7-4-17-9-23(29)21(24(30)10-17)6-3-16-2-5-19-13-27(33)28(34)14-20(19)8-16/h2,5,8-14H,4,7,15H2,1H3. The Balaban J connectivity index is 1.54. The van der Waals surface area contributed by atoms with Crippen molar-refractivity contribution in [2.24, 2.45) is 0 Å². The first-order valence-corrected chi connectivity index (χ1v) is 10.6. The quantitative estimate of drug-likeness (QED) is 0.219. The zero-order valence-electron chi connectivity index (χ0n) is 18.5. The van der Waals surface area contributed by atoms with Crippen LogP contribution in [0.4, 0.5) is 26.3 Å². The predicted octanol–water partition coefficient (Wildman–Crippen LogP) is 7.01. The third kappa shape index (κ3) is 5.50. The molecule has 0 bridgehead atoms. The zero-order valence-corrected chi connectivity index (χ0v) is 18.5. The predicted molar refractivity (Wildman–Crippen MR) is 121 cm³/mol. The zero-order chi connectivity index (χ0) is 25.1. The lowest BCUT2D eigenvalue weighted by Gasteiger charge is -2.09. The van der Waals surface area contributed by atoms with E-state index >= 15 is 0 Å². The van der Waals surface area contributed by atoms with Gasteiger partial charge in [0.05, 0.1) is 12.2 Å². The highest BCUT2D eigenvalue weighted by atomic mass is 19.2. The van der Waals surface area contributed by atoms with E-state index in [0.717, 1.165) is 24.3 Å². The summed E-state index contributed by atoms with van der Waals surface area (Å²) in [6, 6.07) is 11.1. The Morgan fingerprint density at radius 1 is 0.600 bits per heavy atom. The van der Waals surface area contributed by atoms with E-state index in [-0.39, 0.29) is 30.6 Å². The molecule has 0 saturated carbocycles. The van der Waals surface area contributed by atoms with Crippen LogP contribution in [0.3, 0.4) is 0 Å². The Kier molecular flexibility index (Phi) is 7.13. The number of hydrogen-bond donors (Lipinski definition) is 0. The van der Waals surface area contributed by atoms with E-state index in [4.69, 9.17) is 4.74 Å². The molecule has 7 heteroatoms. The highest BCUT2D eigenvalue weighted by molar-refractivity contribution is 5.84. The molecule has 0 aliphatic carbocycles. The molecule has 0 spiro atoms. The maximum absolute atomic E-state index is 14.6. The molecule has 0 saturated heterocycles. The van der Waals surface area contributed by atoms with Gasteiger partial charge in [-0.3, -0.25) is 0 Å². The molecule has 0 unspecified atom stereocenters. The monoisotopic (exact) mass is 484 g/mol. The number of rotatable bonds is 5. The summed E-state index contributed by atoms with van der Waals surface area (Å²) in [6.07, 6.45) is -0.0884. The van der Waals surface area contributed by atoms with Crippen molar-refractivity contribution in [3.63, 3.8) is 0 Å². The second-order valence-corrected chi connectivity index (χ2v) is 7.98. The lowest BCUT2D eigenvalue weighted by molar-refractivity contribution is 0.184. The Morgan fingerprint density at radius 3 is 1.83 bits per heavy atom. The van der Waals surface area contributed by atoms with Crippen LogP contribution < -0.4 is 0 Å². The van der Waals surface area contributed by atoms with Crippen LogP contribution in [0, 0.1) is 46.7 Å². The molecule has 1 nitrogen and oxygen atoms in total. The molecule has 0 N–H and O–H groups in total. The molecule has 0 aliphatic heterocycles. The van der Waals surface area contributed by atoms with Crippen molar-refractivity contribution in [2.45, 2.75) is 19.4 Å². The molecular weight excluding hydrogens is 466 g/mol. The first-order chi connectivity index (χ1) is 16.7. The van der Waals surface area contributed by atoms with Crippen LogP contribution in [0.5, 0.6) is 0 Å². The molecule has 35 heavy (non-hydrogen) atoms. The van der Waals surface area contributed by atoms with Crippen molar-refractivity contribution in [1.82, 2.24) is 0 Å². The number of aryl methyl sites for hydroxylation is 1. The van der Waals surface area contributed by atoms with Crippen molar-refractivity contribution < 1.29 is 31.1 Å². The van der Waals surface area contributed by atoms with Crippen LogP contribution in [-0.4, -0.2) is 7.11 Å². The average Bonchev–Trinajstić information content (AvgIpc) is 2.79. The molecule has 0 aromatic heterocycles. The minimum atomic E-state index is -1.01. The van der Waals surface area contributed by atoms with Gasteiger partial charge in [-0.05, 0) is 83.3 Å². The summed E-state index contributed by atoms with van der Waals surface area (Å²) in [5.41, 5.74) is 0.264. The first kappa shape index (κ1) is 24.4. The average molecular weight is 484 g/mol. The summed E-state index contributed by atoms with van der Waals surface area (Å²) in [7, 11) is 1.41. The Hall–Kier alpha value is -3.76. The van der Waals surface area contributed by atoms with Crippen molar-refractivity contribution in [1.29, 1.82) is 0 Å². The third-order valence-corrected chi connectivity index (χ3v) is 5.49. The van der Waals surface area contributed by atoms with Crippen molar-refractivity contribution in [3.8, 4) is 11.8 Å². The van der Waals surface area contributed by atoms with Gasteiger partial charge in [0.2, 0.25) is 0 Å². The number of benzene rings is 4. The second kappa shape index (κ2) is 10.2. The topological polar surface area (TPSA) is 9.23 Å². The van der Waals surface area contributed by atoms with Gasteiger partial charge in [-0.1, -0.05) is 17.9 Å². The van der Waals surface area contributed by atoms with E-state index in [2.05, 4.69) is 11.8 Å². The van der Waals surface area contributed by atoms with Crippen molar-refractivity contribution >= 4 is 10.8 Å².